The van der Waals surface area contributed by atoms with Crippen LogP contribution < -0.4 is 11.1 Å². The van der Waals surface area contributed by atoms with Crippen molar-refractivity contribution in [2.75, 3.05) is 5.73 Å². The van der Waals surface area contributed by atoms with E-state index >= 15 is 0 Å². The maximum Gasteiger partial charge on any atom is 0.251 e. The normalized spacial score (nSPS) is 10.2. The first-order valence-corrected chi connectivity index (χ1v) is 6.33. The molecule has 0 fully saturated rings. The van der Waals surface area contributed by atoms with Gasteiger partial charge in [0.1, 0.15) is 0 Å². The summed E-state index contributed by atoms with van der Waals surface area (Å²) < 4.78 is 0. The Bertz CT molecular complexity index is 611. The van der Waals surface area contributed by atoms with Crippen molar-refractivity contribution < 1.29 is 4.79 Å². The van der Waals surface area contributed by atoms with E-state index in [0.717, 1.165) is 11.1 Å². The lowest BCUT2D eigenvalue weighted by atomic mass is 10.1. The van der Waals surface area contributed by atoms with Gasteiger partial charge in [-0.15, -0.1) is 0 Å². The highest BCUT2D eigenvalue weighted by atomic mass is 35.5. The van der Waals surface area contributed by atoms with Gasteiger partial charge in [0.05, 0.1) is 0 Å². The van der Waals surface area contributed by atoms with Crippen LogP contribution in [0.4, 0.5) is 5.69 Å². The minimum atomic E-state index is -0.113. The van der Waals surface area contributed by atoms with Gasteiger partial charge in [-0.25, -0.2) is 0 Å². The van der Waals surface area contributed by atoms with Gasteiger partial charge >= 0.3 is 0 Å². The lowest BCUT2D eigenvalue weighted by Crippen LogP contribution is -2.23. The molecule has 2 aromatic rings. The number of hydrogen-bond acceptors (Lipinski definition) is 2. The summed E-state index contributed by atoms with van der Waals surface area (Å²) >= 11 is 5.89. The van der Waals surface area contributed by atoms with Crippen molar-refractivity contribution in [3.63, 3.8) is 0 Å². The van der Waals surface area contributed by atoms with Crippen molar-refractivity contribution in [2.45, 2.75) is 13.5 Å². The number of nitrogens with one attached hydrogen (secondary N) is 1. The number of benzene rings is 2. The van der Waals surface area contributed by atoms with Crippen LogP contribution in [0.3, 0.4) is 0 Å². The van der Waals surface area contributed by atoms with Gasteiger partial charge in [0.25, 0.3) is 5.91 Å². The Morgan fingerprint density at radius 2 is 2.05 bits per heavy atom. The molecule has 0 radical (unpaired) electrons. The molecule has 0 saturated heterocycles. The lowest BCUT2D eigenvalue weighted by molar-refractivity contribution is 0.0950. The Balaban J connectivity index is 2.05. The van der Waals surface area contributed by atoms with Crippen LogP contribution in [0.15, 0.2) is 42.5 Å². The summed E-state index contributed by atoms with van der Waals surface area (Å²) in [6, 6.07) is 12.7. The molecule has 0 bridgehead atoms. The molecule has 0 spiro atoms. The number of carbonyl (C=O) groups is 1. The van der Waals surface area contributed by atoms with Gasteiger partial charge in [-0.2, -0.15) is 0 Å². The molecule has 0 aliphatic heterocycles. The van der Waals surface area contributed by atoms with Crippen molar-refractivity contribution >= 4 is 23.2 Å². The van der Waals surface area contributed by atoms with Crippen LogP contribution in [0, 0.1) is 6.92 Å². The number of rotatable bonds is 3. The molecule has 2 rings (SSSR count). The van der Waals surface area contributed by atoms with Crippen LogP contribution in [0.2, 0.25) is 5.02 Å². The van der Waals surface area contributed by atoms with Crippen molar-refractivity contribution in [3.8, 4) is 0 Å². The van der Waals surface area contributed by atoms with Crippen molar-refractivity contribution in [1.82, 2.24) is 5.32 Å². The van der Waals surface area contributed by atoms with E-state index in [1.54, 1.807) is 24.3 Å². The standard InChI is InChI=1S/C15H15ClN2O/c1-10-7-13(17)5-6-14(10)15(19)18-9-11-3-2-4-12(16)8-11/h2-8H,9,17H2,1H3,(H,18,19). The minimum absolute atomic E-state index is 0.113. The van der Waals surface area contributed by atoms with Crippen LogP contribution in [-0.2, 0) is 6.54 Å². The predicted octanol–water partition coefficient (Wildman–Crippen LogP) is 3.16. The number of aryl methyl sites for hydroxylation is 1. The second-order valence-electron chi connectivity index (χ2n) is 4.39. The Hall–Kier alpha value is -2.00. The molecule has 19 heavy (non-hydrogen) atoms. The molecule has 0 unspecified atom stereocenters. The quantitative estimate of drug-likeness (QED) is 0.845. The predicted molar refractivity (Wildman–Crippen MR) is 78.2 cm³/mol. The Morgan fingerprint density at radius 3 is 2.74 bits per heavy atom. The fourth-order valence-corrected chi connectivity index (χ4v) is 2.08. The summed E-state index contributed by atoms with van der Waals surface area (Å²) in [7, 11) is 0. The highest BCUT2D eigenvalue weighted by Crippen LogP contribution is 2.13. The largest absolute Gasteiger partial charge is 0.399 e. The summed E-state index contributed by atoms with van der Waals surface area (Å²) in [4.78, 5) is 12.1. The van der Waals surface area contributed by atoms with Crippen molar-refractivity contribution in [3.05, 3.63) is 64.2 Å². The van der Waals surface area contributed by atoms with Gasteiger partial charge in [-0.05, 0) is 48.4 Å². The number of hydrogen-bond donors (Lipinski definition) is 2. The maximum absolute atomic E-state index is 12.1. The highest BCUT2D eigenvalue weighted by molar-refractivity contribution is 6.30. The Morgan fingerprint density at radius 1 is 1.26 bits per heavy atom. The van der Waals surface area contributed by atoms with E-state index < -0.39 is 0 Å². The maximum atomic E-state index is 12.1. The number of anilines is 1. The average molecular weight is 275 g/mol. The summed E-state index contributed by atoms with van der Waals surface area (Å²) in [5.74, 6) is -0.113. The molecule has 0 atom stereocenters. The number of nitrogens with two attached hydrogens (primary N) is 1. The number of amides is 1. The second-order valence-corrected chi connectivity index (χ2v) is 4.82. The molecule has 3 nitrogen and oxygen atoms in total. The first kappa shape index (κ1) is 13.4. The SMILES string of the molecule is Cc1cc(N)ccc1C(=O)NCc1cccc(Cl)c1. The van der Waals surface area contributed by atoms with E-state index in [9.17, 15) is 4.79 Å². The number of carbonyl (C=O) groups excluding carboxylic acids is 1. The van der Waals surface area contributed by atoms with Gasteiger partial charge in [0.15, 0.2) is 0 Å². The molecule has 3 N–H and O–H groups in total. The third-order valence-corrected chi connectivity index (χ3v) is 3.07. The summed E-state index contributed by atoms with van der Waals surface area (Å²) in [6.45, 7) is 2.31. The third-order valence-electron chi connectivity index (χ3n) is 2.84. The van der Waals surface area contributed by atoms with Gasteiger partial charge < -0.3 is 11.1 Å². The van der Waals surface area contributed by atoms with Gasteiger partial charge in [-0.1, -0.05) is 23.7 Å². The zero-order chi connectivity index (χ0) is 13.8. The fourth-order valence-electron chi connectivity index (χ4n) is 1.87. The number of nitrogen functional groups attached to an aromatic ring is 1. The molecule has 0 aliphatic rings. The van der Waals surface area contributed by atoms with Crippen LogP contribution in [0.25, 0.3) is 0 Å². The number of halogens is 1. The molecule has 0 aliphatic carbocycles. The average Bonchev–Trinajstić information content (AvgIpc) is 2.36. The molecule has 0 heterocycles. The second kappa shape index (κ2) is 5.76. The highest BCUT2D eigenvalue weighted by Gasteiger charge is 2.08. The molecule has 98 valence electrons. The summed E-state index contributed by atoms with van der Waals surface area (Å²) in [5.41, 5.74) is 8.79. The van der Waals surface area contributed by atoms with Crippen molar-refractivity contribution in [1.29, 1.82) is 0 Å². The third kappa shape index (κ3) is 3.48. The first-order valence-electron chi connectivity index (χ1n) is 5.95. The molecular weight excluding hydrogens is 260 g/mol. The minimum Gasteiger partial charge on any atom is -0.399 e. The zero-order valence-electron chi connectivity index (χ0n) is 10.6. The monoisotopic (exact) mass is 274 g/mol. The van der Waals surface area contributed by atoms with Crippen LogP contribution in [-0.4, -0.2) is 5.91 Å². The van der Waals surface area contributed by atoms with Crippen molar-refractivity contribution in [2.24, 2.45) is 0 Å². The van der Waals surface area contributed by atoms with E-state index in [1.807, 2.05) is 25.1 Å². The Labute approximate surface area is 117 Å². The van der Waals surface area contributed by atoms with E-state index in [0.29, 0.717) is 22.8 Å². The fraction of sp³-hybridized carbons (Fsp3) is 0.133. The smallest absolute Gasteiger partial charge is 0.251 e. The van der Waals surface area contributed by atoms with Gasteiger partial charge in [0.2, 0.25) is 0 Å². The van der Waals surface area contributed by atoms with E-state index in [1.165, 1.54) is 0 Å². The van der Waals surface area contributed by atoms with Crippen LogP contribution in [0.1, 0.15) is 21.5 Å². The molecule has 0 aromatic heterocycles. The molecule has 2 aromatic carbocycles. The van der Waals surface area contributed by atoms with Gasteiger partial charge in [-0.3, -0.25) is 4.79 Å². The summed E-state index contributed by atoms with van der Waals surface area (Å²) in [6.07, 6.45) is 0. The van der Waals surface area contributed by atoms with E-state index in [2.05, 4.69) is 5.32 Å². The molecule has 0 saturated carbocycles. The zero-order valence-corrected chi connectivity index (χ0v) is 11.4. The van der Waals surface area contributed by atoms with E-state index in [-0.39, 0.29) is 5.91 Å². The summed E-state index contributed by atoms with van der Waals surface area (Å²) in [5, 5.41) is 3.53. The molecular formula is C15H15ClN2O. The molecule has 1 amide bonds. The Kier molecular flexibility index (Phi) is 4.07. The van der Waals surface area contributed by atoms with Crippen LogP contribution >= 0.6 is 11.6 Å². The van der Waals surface area contributed by atoms with Gasteiger partial charge in [0, 0.05) is 22.8 Å². The topological polar surface area (TPSA) is 55.1 Å². The molecule has 4 heteroatoms. The lowest BCUT2D eigenvalue weighted by Gasteiger charge is -2.08. The van der Waals surface area contributed by atoms with Crippen LogP contribution in [0.5, 0.6) is 0 Å². The first-order chi connectivity index (χ1) is 9.06. The van der Waals surface area contributed by atoms with E-state index in [4.69, 9.17) is 17.3 Å².